The van der Waals surface area contributed by atoms with Crippen LogP contribution in [0.25, 0.3) is 33.1 Å². The van der Waals surface area contributed by atoms with Gasteiger partial charge in [-0.2, -0.15) is 4.39 Å². The molecular formula is C27H18F4O6. The van der Waals surface area contributed by atoms with Gasteiger partial charge >= 0.3 is 18.3 Å². The first-order chi connectivity index (χ1) is 17.4. The Balaban J connectivity index is 1.85. The maximum atomic E-state index is 15.1. The first kappa shape index (κ1) is 25.5. The summed E-state index contributed by atoms with van der Waals surface area (Å²) in [6.45, 7) is 9.74. The molecule has 0 saturated heterocycles. The molecule has 0 radical (unpaired) electrons. The minimum absolute atomic E-state index is 0.0176. The van der Waals surface area contributed by atoms with E-state index in [0.717, 1.165) is 6.07 Å². The highest BCUT2D eigenvalue weighted by atomic mass is 19.4. The van der Waals surface area contributed by atoms with Crippen LogP contribution in [0.4, 0.5) is 17.6 Å². The number of hydrogen-bond acceptors (Lipinski definition) is 6. The molecule has 1 aromatic heterocycles. The number of fused-ring (bicyclic) bond motifs is 3. The van der Waals surface area contributed by atoms with Crippen LogP contribution in [0.5, 0.6) is 17.2 Å². The fraction of sp³-hybridized carbons (Fsp3) is 0.111. The molecule has 0 N–H and O–H groups in total. The molecule has 0 bridgehead atoms. The molecule has 6 nitrogen and oxygen atoms in total. The van der Waals surface area contributed by atoms with Crippen LogP contribution < -0.4 is 14.2 Å². The maximum Gasteiger partial charge on any atom is 0.573 e. The summed E-state index contributed by atoms with van der Waals surface area (Å²) in [6.07, 6.45) is -5.10. The van der Waals surface area contributed by atoms with Crippen molar-refractivity contribution in [1.82, 2.24) is 0 Å². The Bertz CT molecular complexity index is 1580. The second kappa shape index (κ2) is 9.45. The van der Waals surface area contributed by atoms with E-state index in [-0.39, 0.29) is 44.4 Å². The normalized spacial score (nSPS) is 11.4. The van der Waals surface area contributed by atoms with Crippen molar-refractivity contribution in [2.24, 2.45) is 0 Å². The van der Waals surface area contributed by atoms with Crippen molar-refractivity contribution in [3.05, 3.63) is 78.7 Å². The van der Waals surface area contributed by atoms with Gasteiger partial charge in [0.25, 0.3) is 0 Å². The Labute approximate surface area is 207 Å². The Morgan fingerprint density at radius 2 is 1.38 bits per heavy atom. The molecule has 0 aliphatic heterocycles. The fourth-order valence-electron chi connectivity index (χ4n) is 3.43. The van der Waals surface area contributed by atoms with E-state index in [1.807, 2.05) is 0 Å². The number of rotatable bonds is 6. The van der Waals surface area contributed by atoms with Gasteiger partial charge in [-0.05, 0) is 55.8 Å². The van der Waals surface area contributed by atoms with Crippen molar-refractivity contribution < 1.29 is 45.8 Å². The quantitative estimate of drug-likeness (QED) is 0.117. The molecule has 0 aliphatic rings. The van der Waals surface area contributed by atoms with Crippen LogP contribution in [0, 0.1) is 5.82 Å². The van der Waals surface area contributed by atoms with Crippen LogP contribution in [-0.4, -0.2) is 18.3 Å². The Morgan fingerprint density at radius 3 is 1.97 bits per heavy atom. The number of halogens is 4. The van der Waals surface area contributed by atoms with Gasteiger partial charge in [-0.3, -0.25) is 0 Å². The van der Waals surface area contributed by atoms with Crippen LogP contribution in [0.1, 0.15) is 13.8 Å². The van der Waals surface area contributed by atoms with Crippen molar-refractivity contribution in [2.45, 2.75) is 20.2 Å². The number of carbonyl (C=O) groups is 2. The van der Waals surface area contributed by atoms with Crippen LogP contribution >= 0.6 is 0 Å². The summed E-state index contributed by atoms with van der Waals surface area (Å²) in [5.74, 6) is -3.64. The lowest BCUT2D eigenvalue weighted by Crippen LogP contribution is -2.17. The van der Waals surface area contributed by atoms with Gasteiger partial charge in [-0.15, -0.1) is 13.2 Å². The van der Waals surface area contributed by atoms with Crippen LogP contribution in [0.15, 0.2) is 77.3 Å². The number of benzene rings is 3. The largest absolute Gasteiger partial charge is 0.573 e. The molecule has 1 heterocycles. The first-order valence-electron chi connectivity index (χ1n) is 10.6. The van der Waals surface area contributed by atoms with Crippen molar-refractivity contribution in [1.29, 1.82) is 0 Å². The van der Waals surface area contributed by atoms with Gasteiger partial charge in [0.05, 0.1) is 0 Å². The van der Waals surface area contributed by atoms with Gasteiger partial charge < -0.3 is 18.6 Å². The summed E-state index contributed by atoms with van der Waals surface area (Å²) in [5, 5.41) is 0.282. The fourth-order valence-corrected chi connectivity index (χ4v) is 3.43. The van der Waals surface area contributed by atoms with Gasteiger partial charge in [-0.1, -0.05) is 25.3 Å². The number of alkyl halides is 3. The third-order valence-corrected chi connectivity index (χ3v) is 5.16. The van der Waals surface area contributed by atoms with Gasteiger partial charge in [0.2, 0.25) is 5.82 Å². The smallest absolute Gasteiger partial charge is 0.449 e. The molecule has 0 spiro atoms. The monoisotopic (exact) mass is 514 g/mol. The molecule has 0 fully saturated rings. The molecular weight excluding hydrogens is 496 g/mol. The molecule has 4 aromatic rings. The number of ether oxygens (including phenoxy) is 3. The lowest BCUT2D eigenvalue weighted by Gasteiger charge is -2.14. The van der Waals surface area contributed by atoms with Crippen LogP contribution in [-0.2, 0) is 9.59 Å². The third kappa shape index (κ3) is 5.18. The van der Waals surface area contributed by atoms with E-state index in [0.29, 0.717) is 0 Å². The molecule has 10 heteroatoms. The van der Waals surface area contributed by atoms with E-state index < -0.39 is 41.2 Å². The Morgan fingerprint density at radius 1 is 0.811 bits per heavy atom. The van der Waals surface area contributed by atoms with Crippen LogP contribution in [0.3, 0.4) is 0 Å². The Kier molecular flexibility index (Phi) is 6.51. The number of carbonyl (C=O) groups excluding carboxylic acids is 2. The molecule has 0 atom stereocenters. The van der Waals surface area contributed by atoms with Crippen molar-refractivity contribution in [3.63, 3.8) is 0 Å². The molecule has 3 aromatic carbocycles. The second-order valence-corrected chi connectivity index (χ2v) is 8.09. The summed E-state index contributed by atoms with van der Waals surface area (Å²) in [5.41, 5.74) is -0.345. The molecule has 0 amide bonds. The molecule has 37 heavy (non-hydrogen) atoms. The molecule has 4 rings (SSSR count). The molecule has 0 saturated carbocycles. The highest BCUT2D eigenvalue weighted by Gasteiger charge is 2.34. The number of hydrogen-bond donors (Lipinski definition) is 0. The summed E-state index contributed by atoms with van der Waals surface area (Å²) in [6, 6.07) is 10.9. The van der Waals surface area contributed by atoms with Gasteiger partial charge in [0.1, 0.15) is 5.75 Å². The average molecular weight is 514 g/mol. The topological polar surface area (TPSA) is 75.0 Å². The van der Waals surface area contributed by atoms with E-state index in [2.05, 4.69) is 17.9 Å². The Hall–Kier alpha value is -4.60. The molecule has 0 aliphatic carbocycles. The highest BCUT2D eigenvalue weighted by molar-refractivity contribution is 6.09. The number of furan rings is 1. The molecule has 0 unspecified atom stereocenters. The van der Waals surface area contributed by atoms with Crippen molar-refractivity contribution in [2.75, 3.05) is 0 Å². The van der Waals surface area contributed by atoms with E-state index in [9.17, 15) is 22.8 Å². The zero-order valence-electron chi connectivity index (χ0n) is 19.5. The lowest BCUT2D eigenvalue weighted by molar-refractivity contribution is -0.274. The second-order valence-electron chi connectivity index (χ2n) is 8.09. The van der Waals surface area contributed by atoms with Gasteiger partial charge in [0, 0.05) is 27.5 Å². The summed E-state index contributed by atoms with van der Waals surface area (Å²) in [4.78, 5) is 23.5. The maximum absolute atomic E-state index is 15.1. The van der Waals surface area contributed by atoms with Crippen molar-refractivity contribution >= 4 is 33.9 Å². The van der Waals surface area contributed by atoms with Gasteiger partial charge in [-0.25, -0.2) is 9.59 Å². The zero-order valence-corrected chi connectivity index (χ0v) is 19.5. The lowest BCUT2D eigenvalue weighted by atomic mass is 10.0. The van der Waals surface area contributed by atoms with Crippen molar-refractivity contribution in [3.8, 4) is 28.4 Å². The SMILES string of the molecule is C=C(C)C(=O)Oc1ccc(-c2ccc3c(oc4c(F)c(OC(=O)C(=C)C)ccc43)c2OC(F)(F)F)cc1. The zero-order chi connectivity index (χ0) is 27.1. The highest BCUT2D eigenvalue weighted by Crippen LogP contribution is 2.45. The summed E-state index contributed by atoms with van der Waals surface area (Å²) in [7, 11) is 0. The van der Waals surface area contributed by atoms with Crippen LogP contribution in [0.2, 0.25) is 0 Å². The molecule has 190 valence electrons. The predicted octanol–water partition coefficient (Wildman–Crippen LogP) is 7.25. The van der Waals surface area contributed by atoms with E-state index in [4.69, 9.17) is 13.9 Å². The standard InChI is InChI=1S/C27H18F4O6/c1-13(2)25(32)34-16-7-5-15(6-8-16)17-9-10-19-18-11-12-20(35-26(33)14(3)4)21(28)22(18)36-23(19)24(17)37-27(29,30)31/h5-12H,1,3H2,2,4H3. The third-order valence-electron chi connectivity index (χ3n) is 5.16. The first-order valence-corrected chi connectivity index (χ1v) is 10.6. The average Bonchev–Trinajstić information content (AvgIpc) is 3.20. The van der Waals surface area contributed by atoms with E-state index in [1.165, 1.54) is 56.3 Å². The van der Waals surface area contributed by atoms with Gasteiger partial charge in [0.15, 0.2) is 22.7 Å². The minimum atomic E-state index is -5.10. The summed E-state index contributed by atoms with van der Waals surface area (Å²) >= 11 is 0. The number of esters is 2. The minimum Gasteiger partial charge on any atom is -0.449 e. The summed E-state index contributed by atoms with van der Waals surface area (Å²) < 4.78 is 75.2. The van der Waals surface area contributed by atoms with E-state index >= 15 is 4.39 Å². The predicted molar refractivity (Wildman–Crippen MR) is 127 cm³/mol. The van der Waals surface area contributed by atoms with E-state index in [1.54, 1.807) is 0 Å².